The Labute approximate surface area is 120 Å². The number of nitrogens with one attached hydrogen (secondary N) is 1. The summed E-state index contributed by atoms with van der Waals surface area (Å²) >= 11 is 0. The summed E-state index contributed by atoms with van der Waals surface area (Å²) in [5.74, 6) is -0.957. The van der Waals surface area contributed by atoms with Gasteiger partial charge in [-0.1, -0.05) is 0 Å². The maximum absolute atomic E-state index is 12.0. The van der Waals surface area contributed by atoms with Gasteiger partial charge in [0.25, 0.3) is 0 Å². The zero-order valence-electron chi connectivity index (χ0n) is 12.5. The molecule has 20 heavy (non-hydrogen) atoms. The van der Waals surface area contributed by atoms with E-state index in [1.807, 2.05) is 20.8 Å². The molecule has 0 radical (unpaired) electrons. The van der Waals surface area contributed by atoms with E-state index in [2.05, 4.69) is 5.32 Å². The van der Waals surface area contributed by atoms with Gasteiger partial charge in [0.2, 0.25) is 0 Å². The van der Waals surface area contributed by atoms with Gasteiger partial charge in [0, 0.05) is 24.9 Å². The number of aliphatic carboxylic acids is 1. The third-order valence-corrected chi connectivity index (χ3v) is 3.60. The molecule has 8 heteroatoms. The van der Waals surface area contributed by atoms with Crippen LogP contribution in [-0.4, -0.2) is 61.1 Å². The Morgan fingerprint density at radius 2 is 1.80 bits per heavy atom. The third kappa shape index (κ3) is 8.73. The molecule has 0 aromatic heterocycles. The molecule has 0 spiro atoms. The van der Waals surface area contributed by atoms with E-state index < -0.39 is 21.3 Å². The molecule has 0 aromatic carbocycles. The molecule has 0 atom stereocenters. The molecular formula is C12H24N2O5S. The minimum absolute atomic E-state index is 0.0118. The van der Waals surface area contributed by atoms with Gasteiger partial charge >= 0.3 is 12.0 Å². The van der Waals surface area contributed by atoms with Gasteiger partial charge in [0.05, 0.1) is 12.2 Å². The molecule has 0 bridgehead atoms. The van der Waals surface area contributed by atoms with E-state index >= 15 is 0 Å². The molecule has 0 fully saturated rings. The summed E-state index contributed by atoms with van der Waals surface area (Å²) in [4.78, 5) is 24.0. The normalized spacial score (nSPS) is 12.0. The Balaban J connectivity index is 4.38. The van der Waals surface area contributed by atoms with E-state index in [4.69, 9.17) is 5.11 Å². The van der Waals surface area contributed by atoms with Gasteiger partial charge in [0.15, 0.2) is 0 Å². The number of rotatable bonds is 7. The molecule has 0 aliphatic rings. The molecule has 0 rings (SSSR count). The van der Waals surface area contributed by atoms with Crippen molar-refractivity contribution in [3.8, 4) is 0 Å². The van der Waals surface area contributed by atoms with Crippen LogP contribution in [0.25, 0.3) is 0 Å². The Morgan fingerprint density at radius 3 is 2.20 bits per heavy atom. The summed E-state index contributed by atoms with van der Waals surface area (Å²) in [5, 5.41) is 11.3. The molecule has 2 amide bonds. The largest absolute Gasteiger partial charge is 0.481 e. The molecular weight excluding hydrogens is 284 g/mol. The van der Waals surface area contributed by atoms with Gasteiger partial charge in [-0.2, -0.15) is 0 Å². The van der Waals surface area contributed by atoms with Crippen LogP contribution >= 0.6 is 0 Å². The Kier molecular flexibility index (Phi) is 6.98. The average Bonchev–Trinajstić information content (AvgIpc) is 2.20. The molecule has 7 nitrogen and oxygen atoms in total. The summed E-state index contributed by atoms with van der Waals surface area (Å²) in [6, 6.07) is -0.382. The van der Waals surface area contributed by atoms with Crippen molar-refractivity contribution in [3.05, 3.63) is 0 Å². The number of urea groups is 1. The van der Waals surface area contributed by atoms with E-state index in [-0.39, 0.29) is 31.3 Å². The monoisotopic (exact) mass is 308 g/mol. The predicted octanol–water partition coefficient (Wildman–Crippen LogP) is 0.706. The highest BCUT2D eigenvalue weighted by Gasteiger charge is 2.26. The van der Waals surface area contributed by atoms with Crippen molar-refractivity contribution in [2.45, 2.75) is 39.2 Å². The SMILES string of the molecule is CC(C)(C)N(CCC(=O)O)C(=O)NCCCS(C)(=O)=O. The summed E-state index contributed by atoms with van der Waals surface area (Å²) in [6.45, 7) is 5.78. The summed E-state index contributed by atoms with van der Waals surface area (Å²) in [5.41, 5.74) is -0.504. The van der Waals surface area contributed by atoms with Gasteiger partial charge in [0.1, 0.15) is 9.84 Å². The maximum Gasteiger partial charge on any atom is 0.317 e. The van der Waals surface area contributed by atoms with Crippen molar-refractivity contribution >= 4 is 21.8 Å². The lowest BCUT2D eigenvalue weighted by Gasteiger charge is -2.35. The number of nitrogens with zero attached hydrogens (tertiary/aromatic N) is 1. The molecule has 0 saturated carbocycles. The van der Waals surface area contributed by atoms with Gasteiger partial charge in [-0.3, -0.25) is 4.79 Å². The lowest BCUT2D eigenvalue weighted by atomic mass is 10.1. The van der Waals surface area contributed by atoms with Crippen LogP contribution in [0.15, 0.2) is 0 Å². The lowest BCUT2D eigenvalue weighted by Crippen LogP contribution is -2.51. The predicted molar refractivity (Wildman–Crippen MR) is 76.4 cm³/mol. The van der Waals surface area contributed by atoms with Gasteiger partial charge in [-0.05, 0) is 27.2 Å². The highest BCUT2D eigenvalue weighted by molar-refractivity contribution is 7.90. The smallest absolute Gasteiger partial charge is 0.317 e. The van der Waals surface area contributed by atoms with Crippen LogP contribution in [0.3, 0.4) is 0 Å². The second kappa shape index (κ2) is 7.47. The number of hydrogen-bond donors (Lipinski definition) is 2. The van der Waals surface area contributed by atoms with Gasteiger partial charge in [-0.15, -0.1) is 0 Å². The molecule has 0 aliphatic heterocycles. The van der Waals surface area contributed by atoms with Crippen LogP contribution in [0, 0.1) is 0 Å². The first-order valence-corrected chi connectivity index (χ1v) is 8.44. The van der Waals surface area contributed by atoms with E-state index in [1.54, 1.807) is 0 Å². The van der Waals surface area contributed by atoms with Crippen molar-refractivity contribution < 1.29 is 23.1 Å². The zero-order valence-corrected chi connectivity index (χ0v) is 13.3. The fraction of sp³-hybridized carbons (Fsp3) is 0.833. The quantitative estimate of drug-likeness (QED) is 0.674. The number of hydrogen-bond acceptors (Lipinski definition) is 4. The highest BCUT2D eigenvalue weighted by Crippen LogP contribution is 2.13. The molecule has 0 heterocycles. The van der Waals surface area contributed by atoms with Crippen LogP contribution in [0.4, 0.5) is 4.79 Å². The topological polar surface area (TPSA) is 104 Å². The Hall–Kier alpha value is -1.31. The molecule has 118 valence electrons. The summed E-state index contributed by atoms with van der Waals surface area (Å²) < 4.78 is 21.9. The van der Waals surface area contributed by atoms with Crippen LogP contribution in [0.2, 0.25) is 0 Å². The molecule has 0 aromatic rings. The van der Waals surface area contributed by atoms with Gasteiger partial charge in [-0.25, -0.2) is 13.2 Å². The number of carboxylic acid groups (broad SMARTS) is 1. The van der Waals surface area contributed by atoms with Gasteiger partial charge < -0.3 is 15.3 Å². The second-order valence-corrected chi connectivity index (χ2v) is 7.94. The number of amides is 2. The zero-order chi connectivity index (χ0) is 16.0. The lowest BCUT2D eigenvalue weighted by molar-refractivity contribution is -0.137. The van der Waals surface area contributed by atoms with Crippen LogP contribution in [0.1, 0.15) is 33.6 Å². The van der Waals surface area contributed by atoms with E-state index in [0.29, 0.717) is 6.42 Å². The number of carboxylic acids is 1. The van der Waals surface area contributed by atoms with Crippen molar-refractivity contribution in [1.29, 1.82) is 0 Å². The van der Waals surface area contributed by atoms with Crippen LogP contribution < -0.4 is 5.32 Å². The maximum atomic E-state index is 12.0. The Morgan fingerprint density at radius 1 is 1.25 bits per heavy atom. The van der Waals surface area contributed by atoms with Crippen molar-refractivity contribution in [2.75, 3.05) is 25.1 Å². The van der Waals surface area contributed by atoms with Crippen molar-refractivity contribution in [1.82, 2.24) is 10.2 Å². The first-order chi connectivity index (χ1) is 8.93. The van der Waals surface area contributed by atoms with E-state index in [1.165, 1.54) is 4.90 Å². The number of sulfone groups is 1. The number of carbonyl (C=O) groups excluding carboxylic acids is 1. The first kappa shape index (κ1) is 18.7. The third-order valence-electron chi connectivity index (χ3n) is 2.57. The minimum atomic E-state index is -3.03. The minimum Gasteiger partial charge on any atom is -0.481 e. The molecule has 0 unspecified atom stereocenters. The Bertz CT molecular complexity index is 439. The molecule has 0 aliphatic carbocycles. The van der Waals surface area contributed by atoms with E-state index in [9.17, 15) is 18.0 Å². The molecule has 0 saturated heterocycles. The van der Waals surface area contributed by atoms with Crippen LogP contribution in [0.5, 0.6) is 0 Å². The molecule has 2 N–H and O–H groups in total. The standard InChI is InChI=1S/C12H24N2O5S/c1-12(2,3)14(8-6-10(15)16)11(17)13-7-5-9-20(4,18)19/h5-9H2,1-4H3,(H,13,17)(H,15,16). The van der Waals surface area contributed by atoms with Crippen molar-refractivity contribution in [2.24, 2.45) is 0 Å². The average molecular weight is 308 g/mol. The number of carbonyl (C=O) groups is 2. The van der Waals surface area contributed by atoms with Crippen LogP contribution in [-0.2, 0) is 14.6 Å². The first-order valence-electron chi connectivity index (χ1n) is 6.38. The second-order valence-electron chi connectivity index (χ2n) is 5.68. The van der Waals surface area contributed by atoms with E-state index in [0.717, 1.165) is 6.26 Å². The summed E-state index contributed by atoms with van der Waals surface area (Å²) in [6.07, 6.45) is 1.35. The fourth-order valence-corrected chi connectivity index (χ4v) is 2.24. The fourth-order valence-electron chi connectivity index (χ4n) is 1.57. The highest BCUT2D eigenvalue weighted by atomic mass is 32.2. The summed E-state index contributed by atoms with van der Waals surface area (Å²) in [7, 11) is -3.03. The van der Waals surface area contributed by atoms with Crippen molar-refractivity contribution in [3.63, 3.8) is 0 Å².